The van der Waals surface area contributed by atoms with Crippen LogP contribution in [0.25, 0.3) is 0 Å². The molecule has 1 heterocycles. The Labute approximate surface area is 99.2 Å². The second kappa shape index (κ2) is 6.73. The van der Waals surface area contributed by atoms with Crippen molar-refractivity contribution >= 4 is 23.4 Å². The van der Waals surface area contributed by atoms with E-state index in [9.17, 15) is 4.79 Å². The summed E-state index contributed by atoms with van der Waals surface area (Å²) in [4.78, 5) is 14.7. The van der Waals surface area contributed by atoms with Gasteiger partial charge in [-0.25, -0.2) is 4.79 Å². The van der Waals surface area contributed by atoms with Crippen LogP contribution in [0.4, 0.5) is 4.79 Å². The number of rotatable bonds is 3. The van der Waals surface area contributed by atoms with Crippen molar-refractivity contribution < 1.29 is 9.53 Å². The summed E-state index contributed by atoms with van der Waals surface area (Å²) in [6.07, 6.45) is 3.72. The molecule has 0 bridgehead atoms. The van der Waals surface area contributed by atoms with Gasteiger partial charge in [0, 0.05) is 18.9 Å². The fraction of sp³-hybridized carbons (Fsp3) is 0.300. The molecule has 0 atom stereocenters. The number of nitrogens with zero attached hydrogens (tertiary/aromatic N) is 1. The molecule has 0 radical (unpaired) electrons. The highest BCUT2D eigenvalue weighted by atomic mass is 32.1. The van der Waals surface area contributed by atoms with E-state index in [2.05, 4.69) is 20.4 Å². The van der Waals surface area contributed by atoms with Gasteiger partial charge < -0.3 is 10.1 Å². The summed E-state index contributed by atoms with van der Waals surface area (Å²) in [5, 5.41) is 5.52. The standard InChI is InChI=1S/C10H13N3O2S/c1-15-10(14)13-9(16)12-7-4-8-2-5-11-6-3-8/h2-3,5-6H,4,7H2,1H3,(H2,12,13,14,16). The number of pyridine rings is 1. The second-order valence-electron chi connectivity index (χ2n) is 2.98. The minimum Gasteiger partial charge on any atom is -0.453 e. The first-order valence-corrected chi connectivity index (χ1v) is 5.15. The van der Waals surface area contributed by atoms with Crippen LogP contribution in [0.2, 0.25) is 0 Å². The number of amides is 1. The summed E-state index contributed by atoms with van der Waals surface area (Å²) in [6, 6.07) is 3.86. The molecule has 0 saturated carbocycles. The molecule has 0 saturated heterocycles. The van der Waals surface area contributed by atoms with Crippen LogP contribution in [-0.4, -0.2) is 29.8 Å². The number of carbonyl (C=O) groups excluding carboxylic acids is 1. The Hall–Kier alpha value is -1.69. The van der Waals surface area contributed by atoms with Crippen molar-refractivity contribution in [1.29, 1.82) is 0 Å². The van der Waals surface area contributed by atoms with Gasteiger partial charge in [-0.15, -0.1) is 0 Å². The van der Waals surface area contributed by atoms with Crippen LogP contribution >= 0.6 is 12.2 Å². The van der Waals surface area contributed by atoms with E-state index >= 15 is 0 Å². The van der Waals surface area contributed by atoms with Gasteiger partial charge in [-0.1, -0.05) is 0 Å². The monoisotopic (exact) mass is 239 g/mol. The summed E-state index contributed by atoms with van der Waals surface area (Å²) >= 11 is 4.88. The average molecular weight is 239 g/mol. The molecule has 0 aliphatic carbocycles. The molecule has 0 unspecified atom stereocenters. The topological polar surface area (TPSA) is 63.2 Å². The third-order valence-electron chi connectivity index (χ3n) is 1.85. The highest BCUT2D eigenvalue weighted by Gasteiger charge is 2.01. The van der Waals surface area contributed by atoms with Crippen LogP contribution in [0.15, 0.2) is 24.5 Å². The lowest BCUT2D eigenvalue weighted by Gasteiger charge is -2.08. The van der Waals surface area contributed by atoms with Crippen molar-refractivity contribution in [3.05, 3.63) is 30.1 Å². The van der Waals surface area contributed by atoms with Gasteiger partial charge in [0.2, 0.25) is 0 Å². The zero-order chi connectivity index (χ0) is 11.8. The van der Waals surface area contributed by atoms with Gasteiger partial charge in [0.05, 0.1) is 7.11 Å². The zero-order valence-electron chi connectivity index (χ0n) is 8.90. The SMILES string of the molecule is COC(=O)NC(=S)NCCc1ccncc1. The van der Waals surface area contributed by atoms with Crippen LogP contribution in [0.3, 0.4) is 0 Å². The maximum absolute atomic E-state index is 10.8. The largest absolute Gasteiger partial charge is 0.453 e. The maximum Gasteiger partial charge on any atom is 0.413 e. The molecular formula is C10H13N3O2S. The number of hydrogen-bond donors (Lipinski definition) is 2. The first-order chi connectivity index (χ1) is 7.72. The Kier molecular flexibility index (Phi) is 5.21. The summed E-state index contributed by atoms with van der Waals surface area (Å²) < 4.78 is 4.40. The van der Waals surface area contributed by atoms with Gasteiger partial charge in [0.15, 0.2) is 5.11 Å². The van der Waals surface area contributed by atoms with Gasteiger partial charge in [0.25, 0.3) is 0 Å². The number of aromatic nitrogens is 1. The van der Waals surface area contributed by atoms with Crippen molar-refractivity contribution in [2.24, 2.45) is 0 Å². The Bertz CT molecular complexity index is 356. The van der Waals surface area contributed by atoms with Crippen LogP contribution in [0, 0.1) is 0 Å². The van der Waals surface area contributed by atoms with Gasteiger partial charge >= 0.3 is 6.09 Å². The normalized spacial score (nSPS) is 9.31. The molecule has 1 rings (SSSR count). The molecular weight excluding hydrogens is 226 g/mol. The summed E-state index contributed by atoms with van der Waals surface area (Å²) in [7, 11) is 1.29. The van der Waals surface area contributed by atoms with Crippen molar-refractivity contribution in [3.63, 3.8) is 0 Å². The van der Waals surface area contributed by atoms with Crippen LogP contribution in [0.1, 0.15) is 5.56 Å². The van der Waals surface area contributed by atoms with Gasteiger partial charge in [-0.3, -0.25) is 10.3 Å². The molecule has 5 nitrogen and oxygen atoms in total. The highest BCUT2D eigenvalue weighted by Crippen LogP contribution is 1.95. The van der Waals surface area contributed by atoms with E-state index in [1.165, 1.54) is 7.11 Å². The van der Waals surface area contributed by atoms with E-state index in [0.717, 1.165) is 12.0 Å². The third-order valence-corrected chi connectivity index (χ3v) is 2.10. The van der Waals surface area contributed by atoms with Crippen molar-refractivity contribution in [3.8, 4) is 0 Å². The zero-order valence-corrected chi connectivity index (χ0v) is 9.71. The fourth-order valence-electron chi connectivity index (χ4n) is 1.06. The van der Waals surface area contributed by atoms with Gasteiger partial charge in [-0.2, -0.15) is 0 Å². The molecule has 0 spiro atoms. The number of methoxy groups -OCH3 is 1. The summed E-state index contributed by atoms with van der Waals surface area (Å²) in [5.74, 6) is 0. The first-order valence-electron chi connectivity index (χ1n) is 4.74. The molecule has 0 fully saturated rings. The van der Waals surface area contributed by atoms with E-state index < -0.39 is 6.09 Å². The molecule has 0 aliphatic heterocycles. The Morgan fingerprint density at radius 3 is 2.81 bits per heavy atom. The Morgan fingerprint density at radius 2 is 2.19 bits per heavy atom. The lowest BCUT2D eigenvalue weighted by molar-refractivity contribution is 0.176. The Morgan fingerprint density at radius 1 is 1.50 bits per heavy atom. The molecule has 6 heteroatoms. The summed E-state index contributed by atoms with van der Waals surface area (Å²) in [5.41, 5.74) is 1.16. The minimum atomic E-state index is -0.568. The van der Waals surface area contributed by atoms with Crippen LogP contribution < -0.4 is 10.6 Å². The maximum atomic E-state index is 10.8. The molecule has 16 heavy (non-hydrogen) atoms. The number of nitrogens with one attached hydrogen (secondary N) is 2. The molecule has 1 aromatic heterocycles. The lowest BCUT2D eigenvalue weighted by Crippen LogP contribution is -2.39. The Balaban J connectivity index is 2.21. The number of hydrogen-bond acceptors (Lipinski definition) is 4. The number of thiocarbonyl (C=S) groups is 1. The smallest absolute Gasteiger partial charge is 0.413 e. The van der Waals surface area contributed by atoms with Crippen molar-refractivity contribution in [1.82, 2.24) is 15.6 Å². The van der Waals surface area contributed by atoms with E-state index in [0.29, 0.717) is 6.54 Å². The van der Waals surface area contributed by atoms with Gasteiger partial charge in [-0.05, 0) is 36.3 Å². The predicted molar refractivity (Wildman–Crippen MR) is 64.1 cm³/mol. The molecule has 2 N–H and O–H groups in total. The van der Waals surface area contributed by atoms with E-state index in [4.69, 9.17) is 12.2 Å². The lowest BCUT2D eigenvalue weighted by atomic mass is 10.2. The number of ether oxygens (including phenoxy) is 1. The molecule has 86 valence electrons. The first kappa shape index (κ1) is 12.4. The molecule has 1 aromatic rings. The third kappa shape index (κ3) is 4.70. The molecule has 0 aliphatic rings. The van der Waals surface area contributed by atoms with Crippen LogP contribution in [0.5, 0.6) is 0 Å². The van der Waals surface area contributed by atoms with E-state index in [1.807, 2.05) is 12.1 Å². The quantitative estimate of drug-likeness (QED) is 0.766. The highest BCUT2D eigenvalue weighted by molar-refractivity contribution is 7.80. The van der Waals surface area contributed by atoms with E-state index in [-0.39, 0.29) is 5.11 Å². The van der Waals surface area contributed by atoms with Crippen LogP contribution in [-0.2, 0) is 11.2 Å². The van der Waals surface area contributed by atoms with Gasteiger partial charge in [0.1, 0.15) is 0 Å². The fourth-order valence-corrected chi connectivity index (χ4v) is 1.24. The number of carbonyl (C=O) groups is 1. The van der Waals surface area contributed by atoms with E-state index in [1.54, 1.807) is 12.4 Å². The van der Waals surface area contributed by atoms with Crippen molar-refractivity contribution in [2.75, 3.05) is 13.7 Å². The van der Waals surface area contributed by atoms with Crippen molar-refractivity contribution in [2.45, 2.75) is 6.42 Å². The molecule has 1 amide bonds. The summed E-state index contributed by atoms with van der Waals surface area (Å²) in [6.45, 7) is 0.646. The predicted octanol–water partition coefficient (Wildman–Crippen LogP) is 0.855. The molecule has 0 aromatic carbocycles. The average Bonchev–Trinajstić information content (AvgIpc) is 2.30. The second-order valence-corrected chi connectivity index (χ2v) is 3.39. The minimum absolute atomic E-state index is 0.265. The number of alkyl carbamates (subject to hydrolysis) is 1.